The third kappa shape index (κ3) is 4.58. The van der Waals surface area contributed by atoms with Gasteiger partial charge in [0.1, 0.15) is 11.6 Å². The van der Waals surface area contributed by atoms with Crippen LogP contribution in [0.2, 0.25) is 0 Å². The van der Waals surface area contributed by atoms with Crippen LogP contribution in [0.4, 0.5) is 11.6 Å². The second-order valence-electron chi connectivity index (χ2n) is 7.20. The van der Waals surface area contributed by atoms with E-state index >= 15 is 0 Å². The molecule has 1 saturated heterocycles. The summed E-state index contributed by atoms with van der Waals surface area (Å²) in [5.74, 6) is 2.21. The molecular weight excluding hydrogens is 376 g/mol. The third-order valence-corrected chi connectivity index (χ3v) is 5.13. The molecule has 30 heavy (non-hydrogen) atoms. The van der Waals surface area contributed by atoms with E-state index in [-0.39, 0.29) is 5.71 Å². The molecule has 1 aromatic carbocycles. The lowest BCUT2D eigenvalue weighted by atomic mass is 10.1. The van der Waals surface area contributed by atoms with Crippen LogP contribution in [0.3, 0.4) is 0 Å². The average molecular weight is 401 g/mol. The van der Waals surface area contributed by atoms with Crippen LogP contribution < -0.4 is 10.2 Å². The first-order valence-electron chi connectivity index (χ1n) is 10.1. The molecule has 1 unspecified atom stereocenters. The van der Waals surface area contributed by atoms with Crippen LogP contribution in [0.15, 0.2) is 67.0 Å². The van der Waals surface area contributed by atoms with E-state index in [4.69, 9.17) is 9.72 Å². The predicted molar refractivity (Wildman–Crippen MR) is 121 cm³/mol. The van der Waals surface area contributed by atoms with Crippen LogP contribution >= 0.6 is 0 Å². The monoisotopic (exact) mass is 401 g/mol. The number of anilines is 2. The second kappa shape index (κ2) is 9.37. The van der Waals surface area contributed by atoms with Crippen molar-refractivity contribution >= 4 is 23.0 Å². The minimum Gasteiger partial charge on any atom is -0.803 e. The summed E-state index contributed by atoms with van der Waals surface area (Å²) in [5.41, 5.74) is 1.50. The van der Waals surface area contributed by atoms with Gasteiger partial charge in [0.05, 0.1) is 18.3 Å². The highest BCUT2D eigenvalue weighted by Crippen LogP contribution is 2.26. The van der Waals surface area contributed by atoms with Gasteiger partial charge in [0.15, 0.2) is 5.82 Å². The predicted octanol–water partition coefficient (Wildman–Crippen LogP) is 3.93. The number of aromatic amines is 1. The molecule has 3 aromatic rings. The van der Waals surface area contributed by atoms with Gasteiger partial charge in [0.2, 0.25) is 0 Å². The molecule has 1 fully saturated rings. The Labute approximate surface area is 176 Å². The molecule has 4 rings (SSSR count). The van der Waals surface area contributed by atoms with Gasteiger partial charge >= 0.3 is 0 Å². The average Bonchev–Trinajstić information content (AvgIpc) is 3.47. The molecule has 1 atom stereocenters. The fraction of sp³-hybridized carbons (Fsp3) is 0.261. The maximum absolute atomic E-state index is 10.6. The first kappa shape index (κ1) is 19.8. The van der Waals surface area contributed by atoms with Crippen LogP contribution in [-0.4, -0.2) is 47.0 Å². The van der Waals surface area contributed by atoms with Gasteiger partial charge in [0, 0.05) is 26.0 Å². The topological polar surface area (TPSA) is 88.4 Å². The Morgan fingerprint density at radius 3 is 2.90 bits per heavy atom. The first-order valence-corrected chi connectivity index (χ1v) is 10.1. The molecule has 1 aliphatic rings. The minimum atomic E-state index is 0.144. The highest BCUT2D eigenvalue weighted by atomic mass is 16.5. The molecule has 0 amide bonds. The normalized spacial score (nSPS) is 16.6. The van der Waals surface area contributed by atoms with E-state index in [1.807, 2.05) is 48.5 Å². The zero-order valence-electron chi connectivity index (χ0n) is 17.0. The third-order valence-electron chi connectivity index (χ3n) is 5.13. The lowest BCUT2D eigenvalue weighted by Crippen LogP contribution is -2.33. The van der Waals surface area contributed by atoms with Crippen LogP contribution in [0.25, 0.3) is 11.1 Å². The Hall–Kier alpha value is -3.45. The van der Waals surface area contributed by atoms with Gasteiger partial charge in [-0.15, -0.1) is 5.71 Å². The molecule has 0 saturated carbocycles. The van der Waals surface area contributed by atoms with Crippen molar-refractivity contribution in [3.8, 4) is 0 Å². The van der Waals surface area contributed by atoms with Crippen molar-refractivity contribution in [2.45, 2.75) is 18.9 Å². The maximum Gasteiger partial charge on any atom is 0.153 e. The molecular formula is C23H25N6O-. The fourth-order valence-electron chi connectivity index (χ4n) is 3.70. The van der Waals surface area contributed by atoms with E-state index in [1.54, 1.807) is 25.6 Å². The number of H-pyrrole nitrogens is 1. The van der Waals surface area contributed by atoms with E-state index in [2.05, 4.69) is 20.2 Å². The molecule has 0 aliphatic carbocycles. The summed E-state index contributed by atoms with van der Waals surface area (Å²) >= 11 is 0. The van der Waals surface area contributed by atoms with Gasteiger partial charge in [-0.1, -0.05) is 42.5 Å². The van der Waals surface area contributed by atoms with Crippen molar-refractivity contribution in [3.05, 3.63) is 83.8 Å². The number of allylic oxidation sites excluding steroid dienone is 1. The molecule has 154 valence electrons. The van der Waals surface area contributed by atoms with E-state index in [9.17, 15) is 5.41 Å². The number of benzene rings is 1. The minimum absolute atomic E-state index is 0.144. The van der Waals surface area contributed by atoms with Gasteiger partial charge in [0.25, 0.3) is 0 Å². The number of imidazole rings is 1. The van der Waals surface area contributed by atoms with Crippen molar-refractivity contribution in [3.63, 3.8) is 0 Å². The molecule has 0 spiro atoms. The summed E-state index contributed by atoms with van der Waals surface area (Å²) in [5, 5.41) is 13.9. The van der Waals surface area contributed by atoms with Gasteiger partial charge in [-0.25, -0.2) is 9.97 Å². The summed E-state index contributed by atoms with van der Waals surface area (Å²) in [6, 6.07) is 15.6. The first-order chi connectivity index (χ1) is 14.7. The van der Waals surface area contributed by atoms with Gasteiger partial charge < -0.3 is 25.3 Å². The maximum atomic E-state index is 10.6. The molecule has 7 heteroatoms. The van der Waals surface area contributed by atoms with Crippen molar-refractivity contribution in [1.82, 2.24) is 15.0 Å². The Bertz CT molecular complexity index is 1000. The molecule has 0 radical (unpaired) electrons. The molecule has 1 aliphatic heterocycles. The van der Waals surface area contributed by atoms with Gasteiger partial charge in [-0.3, -0.25) is 0 Å². The van der Waals surface area contributed by atoms with Crippen LogP contribution in [0.1, 0.15) is 24.2 Å². The summed E-state index contributed by atoms with van der Waals surface area (Å²) in [6.45, 7) is 1.66. The molecule has 2 aromatic heterocycles. The van der Waals surface area contributed by atoms with Crippen molar-refractivity contribution < 1.29 is 4.74 Å². The van der Waals surface area contributed by atoms with E-state index in [1.165, 1.54) is 0 Å². The second-order valence-corrected chi connectivity index (χ2v) is 7.20. The van der Waals surface area contributed by atoms with E-state index < -0.39 is 0 Å². The molecule has 0 bridgehead atoms. The van der Waals surface area contributed by atoms with E-state index in [0.29, 0.717) is 30.0 Å². The van der Waals surface area contributed by atoms with Crippen molar-refractivity contribution in [2.24, 2.45) is 0 Å². The largest absolute Gasteiger partial charge is 0.803 e. The summed E-state index contributed by atoms with van der Waals surface area (Å²) < 4.78 is 5.37. The zero-order chi connectivity index (χ0) is 20.8. The number of aromatic nitrogens is 3. The number of nitrogens with zero attached hydrogens (tertiary/aromatic N) is 4. The van der Waals surface area contributed by atoms with Crippen LogP contribution in [-0.2, 0) is 4.74 Å². The number of methoxy groups -OCH3 is 1. The lowest BCUT2D eigenvalue weighted by Gasteiger charge is -2.25. The van der Waals surface area contributed by atoms with Crippen molar-refractivity contribution in [2.75, 3.05) is 30.5 Å². The summed E-state index contributed by atoms with van der Waals surface area (Å²) in [6.07, 6.45) is 7.31. The van der Waals surface area contributed by atoms with E-state index in [0.717, 1.165) is 30.8 Å². The Balaban J connectivity index is 1.60. The zero-order valence-corrected chi connectivity index (χ0v) is 17.0. The summed E-state index contributed by atoms with van der Waals surface area (Å²) in [4.78, 5) is 14.5. The van der Waals surface area contributed by atoms with Crippen LogP contribution in [0, 0.1) is 0 Å². The number of nitrogens with one attached hydrogen (secondary N) is 2. The molecule has 2 N–H and O–H groups in total. The smallest absolute Gasteiger partial charge is 0.153 e. The Kier molecular flexibility index (Phi) is 6.20. The number of hydrogen-bond donors (Lipinski definition) is 2. The Morgan fingerprint density at radius 1 is 1.27 bits per heavy atom. The lowest BCUT2D eigenvalue weighted by molar-refractivity contribution is 0.180. The molecule has 3 heterocycles. The SMILES string of the molecule is COCC1CCCN1c1cccc(N/C(=C/C(=[N-])c2ccccc2)c2ncc[nH]2)n1. The number of rotatable bonds is 8. The highest BCUT2D eigenvalue weighted by Gasteiger charge is 2.25. The summed E-state index contributed by atoms with van der Waals surface area (Å²) in [7, 11) is 1.73. The highest BCUT2D eigenvalue weighted by molar-refractivity contribution is 6.14. The van der Waals surface area contributed by atoms with Crippen LogP contribution in [0.5, 0.6) is 0 Å². The molecule has 7 nitrogen and oxygen atoms in total. The Morgan fingerprint density at radius 2 is 2.13 bits per heavy atom. The standard InChI is InChI=1S/C23H25N6O/c1-30-16-18-9-6-14-29(18)22-11-5-10-21(28-22)27-20(23-25-12-13-26-23)15-19(24)17-7-3-2-4-8-17/h2-5,7-8,10-13,15,18H,6,9,14,16H2,1H3,(H,25,26)(H,27,28)/q-1/b20-15+. The van der Waals surface area contributed by atoms with Gasteiger partial charge in [-0.2, -0.15) is 0 Å². The fourth-order valence-corrected chi connectivity index (χ4v) is 3.70. The van der Waals surface area contributed by atoms with Gasteiger partial charge in [-0.05, 0) is 30.5 Å². The number of hydrogen-bond acceptors (Lipinski definition) is 5. The quantitative estimate of drug-likeness (QED) is 0.558. The number of pyridine rings is 1. The number of ether oxygens (including phenoxy) is 1. The van der Waals surface area contributed by atoms with Crippen molar-refractivity contribution in [1.29, 1.82) is 0 Å².